The van der Waals surface area contributed by atoms with Gasteiger partial charge in [0.05, 0.1) is 0 Å². The highest BCUT2D eigenvalue weighted by molar-refractivity contribution is 7.85. The molecule has 0 saturated carbocycles. The van der Waals surface area contributed by atoms with Crippen molar-refractivity contribution in [3.05, 3.63) is 18.2 Å². The Hall–Kier alpha value is -0.950. The van der Waals surface area contributed by atoms with Crippen LogP contribution in [0.3, 0.4) is 0 Å². The average molecular weight is 183 g/mol. The fraction of sp³-hybridized carbons (Fsp3) is 0.500. The van der Waals surface area contributed by atoms with Gasteiger partial charge in [-0.25, -0.2) is 4.98 Å². The zero-order valence-corrected chi connectivity index (χ0v) is 8.01. The number of hydrogen-bond donors (Lipinski definition) is 2. The highest BCUT2D eigenvalue weighted by Gasteiger charge is 1.90. The molecule has 1 heterocycles. The molecular weight excluding hydrogens is 170 g/mol. The maximum Gasteiger partial charge on any atom is 0.130 e. The molecular formula is C8H13N3S. The molecule has 0 unspecified atom stereocenters. The van der Waals surface area contributed by atoms with Crippen molar-refractivity contribution in [3.63, 3.8) is 0 Å². The molecule has 1 aromatic rings. The fourth-order valence-corrected chi connectivity index (χ4v) is 0.779. The molecule has 0 aromatic carbocycles. The van der Waals surface area contributed by atoms with Gasteiger partial charge in [-0.15, -0.1) is 0 Å². The minimum atomic E-state index is 1.09. The van der Waals surface area contributed by atoms with Gasteiger partial charge < -0.3 is 4.98 Å². The second kappa shape index (κ2) is 8.15. The minimum absolute atomic E-state index is 1.09. The number of thiol groups is 1. The number of thiocyanates is 1. The third-order valence-electron chi connectivity index (χ3n) is 1.32. The van der Waals surface area contributed by atoms with Crippen LogP contribution in [-0.2, 0) is 6.42 Å². The zero-order valence-electron chi connectivity index (χ0n) is 7.12. The molecule has 0 spiro atoms. The van der Waals surface area contributed by atoms with Crippen molar-refractivity contribution in [3.8, 4) is 5.40 Å². The van der Waals surface area contributed by atoms with Crippen LogP contribution in [0.1, 0.15) is 25.6 Å². The number of imidazole rings is 1. The molecule has 0 bridgehead atoms. The first-order valence-corrected chi connectivity index (χ1v) is 4.31. The zero-order chi connectivity index (χ0) is 9.23. The number of unbranched alkanes of at least 4 members (excludes halogenated alkanes) is 1. The van der Waals surface area contributed by atoms with E-state index in [0.717, 1.165) is 12.2 Å². The van der Waals surface area contributed by atoms with E-state index in [4.69, 9.17) is 5.26 Å². The highest BCUT2D eigenvalue weighted by atomic mass is 32.1. The maximum absolute atomic E-state index is 7.18. The monoisotopic (exact) mass is 183 g/mol. The molecule has 3 nitrogen and oxygen atoms in total. The van der Waals surface area contributed by atoms with Crippen LogP contribution in [-0.4, -0.2) is 9.97 Å². The Morgan fingerprint density at radius 1 is 1.75 bits per heavy atom. The Bertz CT molecular complexity index is 213. The Balaban J connectivity index is 0.000000354. The smallest absolute Gasteiger partial charge is 0.130 e. The van der Waals surface area contributed by atoms with Gasteiger partial charge in [0, 0.05) is 18.8 Å². The third kappa shape index (κ3) is 5.81. The van der Waals surface area contributed by atoms with Crippen LogP contribution in [0.15, 0.2) is 12.4 Å². The van der Waals surface area contributed by atoms with E-state index in [9.17, 15) is 0 Å². The molecule has 0 aliphatic rings. The molecule has 1 aromatic heterocycles. The molecule has 12 heavy (non-hydrogen) atoms. The Labute approximate surface area is 78.2 Å². The van der Waals surface area contributed by atoms with Gasteiger partial charge in [-0.05, 0) is 6.42 Å². The predicted octanol–water partition coefficient (Wildman–Crippen LogP) is 2.15. The van der Waals surface area contributed by atoms with Gasteiger partial charge in [0.2, 0.25) is 0 Å². The van der Waals surface area contributed by atoms with Crippen LogP contribution in [0.2, 0.25) is 0 Å². The van der Waals surface area contributed by atoms with E-state index >= 15 is 0 Å². The summed E-state index contributed by atoms with van der Waals surface area (Å²) in [6, 6.07) is 0. The standard InChI is InChI=1S/C7H12N2.CHNS/c1-2-3-4-7-8-5-6-9-7;2-1-3/h5-6H,2-4H2,1H3,(H,8,9);3H. The quantitative estimate of drug-likeness (QED) is 0.557. The number of nitrogens with one attached hydrogen (secondary N) is 1. The molecule has 4 heteroatoms. The number of hydrogen-bond acceptors (Lipinski definition) is 3. The van der Waals surface area contributed by atoms with Crippen molar-refractivity contribution in [2.45, 2.75) is 26.2 Å². The molecule has 1 rings (SSSR count). The molecule has 0 radical (unpaired) electrons. The molecule has 0 aliphatic heterocycles. The van der Waals surface area contributed by atoms with Gasteiger partial charge in [-0.1, -0.05) is 26.0 Å². The summed E-state index contributed by atoms with van der Waals surface area (Å²) in [5, 5.41) is 8.63. The molecule has 0 fully saturated rings. The van der Waals surface area contributed by atoms with Crippen LogP contribution in [0, 0.1) is 10.7 Å². The summed E-state index contributed by atoms with van der Waals surface area (Å²) in [4.78, 5) is 7.16. The van der Waals surface area contributed by atoms with Gasteiger partial charge in [0.1, 0.15) is 11.2 Å². The van der Waals surface area contributed by atoms with E-state index in [1.54, 1.807) is 6.20 Å². The number of H-pyrrole nitrogens is 1. The average Bonchev–Trinajstić information content (AvgIpc) is 2.54. The van der Waals surface area contributed by atoms with Crippen molar-refractivity contribution >= 4 is 12.6 Å². The summed E-state index contributed by atoms with van der Waals surface area (Å²) in [5.74, 6) is 1.11. The Morgan fingerprint density at radius 2 is 2.42 bits per heavy atom. The molecule has 0 atom stereocenters. The topological polar surface area (TPSA) is 52.5 Å². The number of aryl methyl sites for hydroxylation is 1. The van der Waals surface area contributed by atoms with Gasteiger partial charge >= 0.3 is 0 Å². The van der Waals surface area contributed by atoms with Crippen LogP contribution >= 0.6 is 12.6 Å². The van der Waals surface area contributed by atoms with Gasteiger partial charge in [0.25, 0.3) is 0 Å². The van der Waals surface area contributed by atoms with Crippen LogP contribution in [0.25, 0.3) is 0 Å². The summed E-state index contributed by atoms with van der Waals surface area (Å²) in [6.07, 6.45) is 7.22. The summed E-state index contributed by atoms with van der Waals surface area (Å²) in [6.45, 7) is 2.18. The van der Waals surface area contributed by atoms with Crippen molar-refractivity contribution < 1.29 is 0 Å². The number of aromatic nitrogens is 2. The minimum Gasteiger partial charge on any atom is -0.349 e. The predicted molar refractivity (Wildman–Crippen MR) is 51.8 cm³/mol. The highest BCUT2D eigenvalue weighted by Crippen LogP contribution is 1.96. The van der Waals surface area contributed by atoms with Crippen molar-refractivity contribution in [2.24, 2.45) is 0 Å². The fourth-order valence-electron chi connectivity index (χ4n) is 0.779. The van der Waals surface area contributed by atoms with Gasteiger partial charge in [-0.3, -0.25) is 0 Å². The van der Waals surface area contributed by atoms with E-state index in [-0.39, 0.29) is 0 Å². The van der Waals surface area contributed by atoms with Gasteiger partial charge in [-0.2, -0.15) is 5.26 Å². The Morgan fingerprint density at radius 3 is 2.83 bits per heavy atom. The lowest BCUT2D eigenvalue weighted by atomic mass is 10.2. The lowest BCUT2D eigenvalue weighted by Crippen LogP contribution is -1.85. The lowest BCUT2D eigenvalue weighted by Gasteiger charge is -1.90. The normalized spacial score (nSPS) is 8.08. The number of rotatable bonds is 3. The Kier molecular flexibility index (Phi) is 7.50. The van der Waals surface area contributed by atoms with E-state index in [1.807, 2.05) is 6.20 Å². The number of aromatic amines is 1. The molecule has 0 amide bonds. The SMILES string of the molecule is CCCCc1ncc[nH]1.N#CS. The van der Waals surface area contributed by atoms with E-state index in [0.29, 0.717) is 0 Å². The lowest BCUT2D eigenvalue weighted by molar-refractivity contribution is 0.762. The van der Waals surface area contributed by atoms with Crippen molar-refractivity contribution in [1.82, 2.24) is 9.97 Å². The first kappa shape index (κ1) is 11.1. The van der Waals surface area contributed by atoms with Crippen molar-refractivity contribution in [1.29, 1.82) is 5.26 Å². The molecule has 0 saturated heterocycles. The molecule has 1 N–H and O–H groups in total. The third-order valence-corrected chi connectivity index (χ3v) is 1.32. The van der Waals surface area contributed by atoms with E-state index in [1.165, 1.54) is 18.2 Å². The molecule has 0 aliphatic carbocycles. The summed E-state index contributed by atoms with van der Waals surface area (Å²) < 4.78 is 0. The van der Waals surface area contributed by atoms with Crippen LogP contribution in [0.5, 0.6) is 0 Å². The number of nitriles is 1. The largest absolute Gasteiger partial charge is 0.349 e. The van der Waals surface area contributed by atoms with E-state index in [2.05, 4.69) is 29.5 Å². The first-order valence-electron chi connectivity index (χ1n) is 3.86. The first-order chi connectivity index (χ1) is 5.85. The summed E-state index contributed by atoms with van der Waals surface area (Å²) >= 11 is 3.09. The number of nitrogens with zero attached hydrogens (tertiary/aromatic N) is 2. The summed E-state index contributed by atoms with van der Waals surface area (Å²) in [7, 11) is 0. The van der Waals surface area contributed by atoms with E-state index < -0.39 is 0 Å². The molecule has 66 valence electrons. The van der Waals surface area contributed by atoms with Gasteiger partial charge in [0.15, 0.2) is 0 Å². The van der Waals surface area contributed by atoms with Crippen molar-refractivity contribution in [2.75, 3.05) is 0 Å². The summed E-state index contributed by atoms with van der Waals surface area (Å²) in [5.41, 5.74) is 0. The maximum atomic E-state index is 7.18. The van der Waals surface area contributed by atoms with Crippen LogP contribution < -0.4 is 0 Å². The van der Waals surface area contributed by atoms with Crippen LogP contribution in [0.4, 0.5) is 0 Å². The second-order valence-electron chi connectivity index (χ2n) is 2.24. The second-order valence-corrected chi connectivity index (χ2v) is 2.44.